The summed E-state index contributed by atoms with van der Waals surface area (Å²) in [4.78, 5) is 12.1. The molecule has 1 aromatic carbocycles. The number of amides is 1. The summed E-state index contributed by atoms with van der Waals surface area (Å²) in [5.74, 6) is 0. The smallest absolute Gasteiger partial charge is 0.407 e. The summed E-state index contributed by atoms with van der Waals surface area (Å²) in [5, 5.41) is 3.50. The molecule has 1 aliphatic rings. The Labute approximate surface area is 158 Å². The maximum absolute atomic E-state index is 12.7. The molecule has 0 atom stereocenters. The Morgan fingerprint density at radius 3 is 2.28 bits per heavy atom. The number of halogens is 1. The molecule has 0 aromatic heterocycles. The fraction of sp³-hybridized carbons (Fsp3) is 0.588. The Hall–Kier alpha value is -1.12. The summed E-state index contributed by atoms with van der Waals surface area (Å²) < 4.78 is 32.1. The summed E-state index contributed by atoms with van der Waals surface area (Å²) in [6.45, 7) is 6.18. The number of benzene rings is 1. The Morgan fingerprint density at radius 2 is 1.80 bits per heavy atom. The zero-order chi connectivity index (χ0) is 18.7. The number of nitrogens with one attached hydrogen (secondary N) is 1. The van der Waals surface area contributed by atoms with Crippen molar-refractivity contribution in [2.24, 2.45) is 0 Å². The molecule has 0 bridgehead atoms. The third-order valence-electron chi connectivity index (χ3n) is 3.89. The summed E-state index contributed by atoms with van der Waals surface area (Å²) in [6.07, 6.45) is 0.676. The summed E-state index contributed by atoms with van der Waals surface area (Å²) >= 11 is 3.35. The van der Waals surface area contributed by atoms with Crippen molar-refractivity contribution in [2.75, 3.05) is 13.1 Å². The van der Waals surface area contributed by atoms with E-state index in [9.17, 15) is 13.2 Å². The molecule has 0 aliphatic carbocycles. The number of nitrogens with zero attached hydrogens (tertiary/aromatic N) is 1. The molecule has 1 aliphatic heterocycles. The standard InChI is InChI=1S/C17H25BrN2O4S/c1-17(2,3)24-16(21)19-14-8-10-20(11-9-14)25(22,23)15-6-4-13(12-18)5-7-15/h4-7,14H,8-12H2,1-3H3,(H,19,21). The molecule has 0 saturated carbocycles. The molecule has 0 radical (unpaired) electrons. The predicted molar refractivity (Wildman–Crippen MR) is 100 cm³/mol. The Kier molecular flexibility index (Phi) is 6.51. The number of hydrogen-bond donors (Lipinski definition) is 1. The molecule has 1 amide bonds. The Morgan fingerprint density at radius 1 is 1.24 bits per heavy atom. The van der Waals surface area contributed by atoms with Gasteiger partial charge in [-0.1, -0.05) is 28.1 Å². The minimum Gasteiger partial charge on any atom is -0.444 e. The SMILES string of the molecule is CC(C)(C)OC(=O)NC1CCN(S(=O)(=O)c2ccc(CBr)cc2)CC1. The van der Waals surface area contributed by atoms with E-state index < -0.39 is 21.7 Å². The second kappa shape index (κ2) is 8.05. The maximum Gasteiger partial charge on any atom is 0.407 e. The minimum absolute atomic E-state index is 0.0722. The van der Waals surface area contributed by atoms with Crippen LogP contribution in [0.15, 0.2) is 29.2 Å². The lowest BCUT2D eigenvalue weighted by molar-refractivity contribution is 0.0489. The molecule has 6 nitrogen and oxygen atoms in total. The van der Waals surface area contributed by atoms with Crippen molar-refractivity contribution in [2.45, 2.75) is 55.5 Å². The van der Waals surface area contributed by atoms with E-state index in [1.807, 2.05) is 20.8 Å². The second-order valence-corrected chi connectivity index (χ2v) is 9.60. The van der Waals surface area contributed by atoms with Gasteiger partial charge in [-0.05, 0) is 51.3 Å². The molecule has 8 heteroatoms. The van der Waals surface area contributed by atoms with Crippen LogP contribution in [0.5, 0.6) is 0 Å². The number of sulfonamides is 1. The molecule has 0 unspecified atom stereocenters. The number of rotatable bonds is 4. The molecule has 1 aromatic rings. The van der Waals surface area contributed by atoms with Crippen LogP contribution in [0.4, 0.5) is 4.79 Å². The van der Waals surface area contributed by atoms with E-state index >= 15 is 0 Å². The highest BCUT2D eigenvalue weighted by atomic mass is 79.9. The lowest BCUT2D eigenvalue weighted by Gasteiger charge is -2.32. The minimum atomic E-state index is -3.49. The molecule has 2 rings (SSSR count). The normalized spacial score (nSPS) is 17.3. The number of carbonyl (C=O) groups is 1. The first-order valence-corrected chi connectivity index (χ1v) is 10.8. The van der Waals surface area contributed by atoms with Crippen LogP contribution in [0.2, 0.25) is 0 Å². The maximum atomic E-state index is 12.7. The van der Waals surface area contributed by atoms with Gasteiger partial charge in [-0.25, -0.2) is 13.2 Å². The zero-order valence-corrected chi connectivity index (χ0v) is 17.2. The Balaban J connectivity index is 1.93. The fourth-order valence-corrected chi connectivity index (χ4v) is 4.46. The van der Waals surface area contributed by atoms with Crippen molar-refractivity contribution in [1.29, 1.82) is 0 Å². The van der Waals surface area contributed by atoms with Crippen LogP contribution < -0.4 is 5.32 Å². The first-order chi connectivity index (χ1) is 11.6. The van der Waals surface area contributed by atoms with E-state index in [2.05, 4.69) is 21.2 Å². The van der Waals surface area contributed by atoms with Gasteiger partial charge in [-0.15, -0.1) is 0 Å². The van der Waals surface area contributed by atoms with Gasteiger partial charge in [-0.3, -0.25) is 0 Å². The van der Waals surface area contributed by atoms with Gasteiger partial charge in [0.15, 0.2) is 0 Å². The van der Waals surface area contributed by atoms with Gasteiger partial charge < -0.3 is 10.1 Å². The zero-order valence-electron chi connectivity index (χ0n) is 14.8. The lowest BCUT2D eigenvalue weighted by Crippen LogP contribution is -2.47. The molecule has 0 spiro atoms. The topological polar surface area (TPSA) is 75.7 Å². The average Bonchev–Trinajstić information content (AvgIpc) is 2.53. The molecular formula is C17H25BrN2O4S. The van der Waals surface area contributed by atoms with Gasteiger partial charge >= 0.3 is 6.09 Å². The van der Waals surface area contributed by atoms with Crippen molar-refractivity contribution in [3.05, 3.63) is 29.8 Å². The van der Waals surface area contributed by atoms with E-state index in [1.165, 1.54) is 4.31 Å². The third kappa shape index (κ3) is 5.69. The van der Waals surface area contributed by atoms with Crippen LogP contribution in [0.3, 0.4) is 0 Å². The third-order valence-corrected chi connectivity index (χ3v) is 6.45. The van der Waals surface area contributed by atoms with E-state index in [0.29, 0.717) is 36.2 Å². The van der Waals surface area contributed by atoms with Gasteiger partial charge in [0.05, 0.1) is 4.90 Å². The molecule has 1 N–H and O–H groups in total. The fourth-order valence-electron chi connectivity index (χ4n) is 2.61. The van der Waals surface area contributed by atoms with Gasteiger partial charge in [-0.2, -0.15) is 4.31 Å². The van der Waals surface area contributed by atoms with Crippen molar-refractivity contribution in [3.8, 4) is 0 Å². The largest absolute Gasteiger partial charge is 0.444 e. The molecule has 25 heavy (non-hydrogen) atoms. The van der Waals surface area contributed by atoms with Crippen LogP contribution in [0.25, 0.3) is 0 Å². The average molecular weight is 433 g/mol. The summed E-state index contributed by atoms with van der Waals surface area (Å²) in [7, 11) is -3.49. The highest BCUT2D eigenvalue weighted by Crippen LogP contribution is 2.22. The number of ether oxygens (including phenoxy) is 1. The van der Waals surface area contributed by atoms with Crippen LogP contribution >= 0.6 is 15.9 Å². The van der Waals surface area contributed by atoms with Crippen LogP contribution in [0.1, 0.15) is 39.2 Å². The molecular weight excluding hydrogens is 408 g/mol. The van der Waals surface area contributed by atoms with Gasteiger partial charge in [0, 0.05) is 24.5 Å². The van der Waals surface area contributed by atoms with Crippen LogP contribution in [0, 0.1) is 0 Å². The van der Waals surface area contributed by atoms with Crippen LogP contribution in [-0.2, 0) is 20.1 Å². The number of piperidine rings is 1. The molecule has 1 heterocycles. The number of carbonyl (C=O) groups excluding carboxylic acids is 1. The van der Waals surface area contributed by atoms with Crippen molar-refractivity contribution in [1.82, 2.24) is 9.62 Å². The quantitative estimate of drug-likeness (QED) is 0.740. The first kappa shape index (κ1) is 20.2. The van der Waals surface area contributed by atoms with Gasteiger partial charge in [0.25, 0.3) is 0 Å². The van der Waals surface area contributed by atoms with Gasteiger partial charge in [0.2, 0.25) is 10.0 Å². The van der Waals surface area contributed by atoms with Crippen LogP contribution in [-0.4, -0.2) is 43.5 Å². The molecule has 1 saturated heterocycles. The van der Waals surface area contributed by atoms with Gasteiger partial charge in [0.1, 0.15) is 5.60 Å². The monoisotopic (exact) mass is 432 g/mol. The highest BCUT2D eigenvalue weighted by Gasteiger charge is 2.30. The van der Waals surface area contributed by atoms with E-state index in [4.69, 9.17) is 4.74 Å². The predicted octanol–water partition coefficient (Wildman–Crippen LogP) is 3.26. The highest BCUT2D eigenvalue weighted by molar-refractivity contribution is 9.08. The number of alkyl carbamates (subject to hydrolysis) is 1. The number of alkyl halides is 1. The number of hydrogen-bond acceptors (Lipinski definition) is 4. The van der Waals surface area contributed by atoms with Crippen molar-refractivity contribution in [3.63, 3.8) is 0 Å². The van der Waals surface area contributed by atoms with Crippen molar-refractivity contribution < 1.29 is 17.9 Å². The van der Waals surface area contributed by atoms with Crippen molar-refractivity contribution >= 4 is 32.0 Å². The van der Waals surface area contributed by atoms with E-state index in [1.54, 1.807) is 24.3 Å². The first-order valence-electron chi connectivity index (χ1n) is 8.26. The van der Waals surface area contributed by atoms with E-state index in [0.717, 1.165) is 5.56 Å². The molecule has 1 fully saturated rings. The Bertz CT molecular complexity index is 690. The lowest BCUT2D eigenvalue weighted by atomic mass is 10.1. The summed E-state index contributed by atoms with van der Waals surface area (Å²) in [5.41, 5.74) is 0.481. The molecule has 140 valence electrons. The summed E-state index contributed by atoms with van der Waals surface area (Å²) in [6, 6.07) is 6.81. The van der Waals surface area contributed by atoms with E-state index in [-0.39, 0.29) is 6.04 Å². The second-order valence-electron chi connectivity index (χ2n) is 7.10.